The molecule has 5 rings (SSSR count). The number of nitrogens with zero attached hydrogens (tertiary/aromatic N) is 3. The van der Waals surface area contributed by atoms with Crippen molar-refractivity contribution in [3.63, 3.8) is 0 Å². The molecule has 1 saturated carbocycles. The third kappa shape index (κ3) is 4.55. The van der Waals surface area contributed by atoms with Crippen LogP contribution in [0.2, 0.25) is 0 Å². The van der Waals surface area contributed by atoms with Crippen molar-refractivity contribution < 1.29 is 27.5 Å². The molecule has 0 spiro atoms. The molecule has 32 heavy (non-hydrogen) atoms. The van der Waals surface area contributed by atoms with E-state index in [1.54, 1.807) is 12.1 Å². The third-order valence-corrected chi connectivity index (χ3v) is 5.80. The lowest BCUT2D eigenvalue weighted by Gasteiger charge is -2.29. The zero-order chi connectivity index (χ0) is 23.0. The SMILES string of the molecule is N[C@@H]1CCN(c2ccc3c(cnn3-c3ccc(F)cc3)c2)[C@H]1C1CC1.O=C(O)C(F)(F)F. The Balaban J connectivity index is 0.000000307. The zero-order valence-electron chi connectivity index (χ0n) is 17.0. The van der Waals surface area contributed by atoms with E-state index in [2.05, 4.69) is 28.2 Å². The number of anilines is 1. The van der Waals surface area contributed by atoms with Crippen LogP contribution in [0.25, 0.3) is 16.6 Å². The molecule has 6 nitrogen and oxygen atoms in total. The Morgan fingerprint density at radius 2 is 1.69 bits per heavy atom. The first kappa shape index (κ1) is 22.1. The molecule has 1 aromatic heterocycles. The van der Waals surface area contributed by atoms with Crippen LogP contribution in [-0.2, 0) is 4.79 Å². The molecule has 0 amide bonds. The predicted molar refractivity (Wildman–Crippen MR) is 111 cm³/mol. The Bertz CT molecular complexity index is 1110. The van der Waals surface area contributed by atoms with Gasteiger partial charge in [-0.1, -0.05) is 0 Å². The van der Waals surface area contributed by atoms with Gasteiger partial charge in [0.25, 0.3) is 0 Å². The second kappa shape index (κ2) is 8.42. The molecule has 0 bridgehead atoms. The molecule has 2 aromatic carbocycles. The van der Waals surface area contributed by atoms with E-state index in [1.807, 2.05) is 10.9 Å². The molecule has 0 radical (unpaired) electrons. The van der Waals surface area contributed by atoms with E-state index in [1.165, 1.54) is 30.7 Å². The number of carboxylic acids is 1. The number of hydrogen-bond acceptors (Lipinski definition) is 4. The standard InChI is InChI=1S/C20H21FN4.C2HF3O2/c21-15-3-5-16(6-4-15)25-19-8-7-17(11-14(19)12-23-25)24-10-9-18(22)20(24)13-1-2-13;3-2(4,5)1(6)7/h3-8,11-13,18,20H,1-2,9-10,22H2;(H,6,7)/t18-,20+;/m1./s1. The first-order valence-corrected chi connectivity index (χ1v) is 10.2. The predicted octanol–water partition coefficient (Wildman–Crippen LogP) is 4.11. The highest BCUT2D eigenvalue weighted by atomic mass is 19.4. The minimum absolute atomic E-state index is 0.237. The summed E-state index contributed by atoms with van der Waals surface area (Å²) in [5.74, 6) is -2.23. The van der Waals surface area contributed by atoms with Gasteiger partial charge in [-0.25, -0.2) is 13.9 Å². The number of alkyl halides is 3. The molecular weight excluding hydrogens is 428 g/mol. The number of carbonyl (C=O) groups is 1. The number of aliphatic carboxylic acids is 1. The Morgan fingerprint density at radius 1 is 1.06 bits per heavy atom. The Labute approximate surface area is 181 Å². The fraction of sp³-hybridized carbons (Fsp3) is 0.364. The van der Waals surface area contributed by atoms with Gasteiger partial charge in [0.15, 0.2) is 0 Å². The number of aromatic nitrogens is 2. The number of carboxylic acid groups (broad SMARTS) is 1. The van der Waals surface area contributed by atoms with Crippen LogP contribution >= 0.6 is 0 Å². The number of halogens is 4. The maximum absolute atomic E-state index is 13.2. The zero-order valence-corrected chi connectivity index (χ0v) is 17.0. The van der Waals surface area contributed by atoms with Gasteiger partial charge in [-0.05, 0) is 67.6 Å². The third-order valence-electron chi connectivity index (χ3n) is 5.80. The Morgan fingerprint density at radius 3 is 2.28 bits per heavy atom. The number of fused-ring (bicyclic) bond motifs is 1. The number of hydrogen-bond donors (Lipinski definition) is 2. The van der Waals surface area contributed by atoms with Crippen molar-refractivity contribution in [2.75, 3.05) is 11.4 Å². The van der Waals surface area contributed by atoms with E-state index in [0.29, 0.717) is 6.04 Å². The molecule has 2 atom stereocenters. The maximum Gasteiger partial charge on any atom is 0.490 e. The van der Waals surface area contributed by atoms with Gasteiger partial charge in [0.05, 0.1) is 17.4 Å². The van der Waals surface area contributed by atoms with Crippen molar-refractivity contribution in [2.24, 2.45) is 11.7 Å². The summed E-state index contributed by atoms with van der Waals surface area (Å²) in [4.78, 5) is 11.4. The normalized spacial score (nSPS) is 20.8. The van der Waals surface area contributed by atoms with Gasteiger partial charge in [0.1, 0.15) is 5.82 Å². The molecule has 1 saturated heterocycles. The van der Waals surface area contributed by atoms with Crippen LogP contribution in [0.5, 0.6) is 0 Å². The highest BCUT2D eigenvalue weighted by Gasteiger charge is 2.42. The van der Waals surface area contributed by atoms with Gasteiger partial charge in [-0.15, -0.1) is 0 Å². The molecule has 2 heterocycles. The topological polar surface area (TPSA) is 84.4 Å². The Kier molecular flexibility index (Phi) is 5.81. The van der Waals surface area contributed by atoms with Gasteiger partial charge in [0.2, 0.25) is 0 Å². The average Bonchev–Trinajstić information content (AvgIpc) is 3.37. The lowest BCUT2D eigenvalue weighted by atomic mass is 10.0. The summed E-state index contributed by atoms with van der Waals surface area (Å²) in [6.45, 7) is 1.03. The maximum atomic E-state index is 13.2. The number of nitrogens with two attached hydrogens (primary N) is 1. The number of benzene rings is 2. The van der Waals surface area contributed by atoms with E-state index in [-0.39, 0.29) is 11.9 Å². The first-order chi connectivity index (χ1) is 15.1. The van der Waals surface area contributed by atoms with Crippen LogP contribution in [0.15, 0.2) is 48.7 Å². The van der Waals surface area contributed by atoms with Crippen molar-refractivity contribution in [3.05, 3.63) is 54.5 Å². The van der Waals surface area contributed by atoms with Crippen molar-refractivity contribution in [2.45, 2.75) is 37.5 Å². The summed E-state index contributed by atoms with van der Waals surface area (Å²) in [5.41, 5.74) is 9.49. The highest BCUT2D eigenvalue weighted by molar-refractivity contribution is 5.84. The van der Waals surface area contributed by atoms with Gasteiger partial charge in [0, 0.05) is 29.7 Å². The van der Waals surface area contributed by atoms with Gasteiger partial charge in [-0.3, -0.25) is 0 Å². The van der Waals surface area contributed by atoms with Crippen LogP contribution in [0.1, 0.15) is 19.3 Å². The summed E-state index contributed by atoms with van der Waals surface area (Å²) >= 11 is 0. The van der Waals surface area contributed by atoms with Crippen LogP contribution in [-0.4, -0.2) is 45.7 Å². The van der Waals surface area contributed by atoms with Crippen molar-refractivity contribution in [1.82, 2.24) is 9.78 Å². The summed E-state index contributed by atoms with van der Waals surface area (Å²) in [5, 5.41) is 12.7. The van der Waals surface area contributed by atoms with E-state index >= 15 is 0 Å². The first-order valence-electron chi connectivity index (χ1n) is 10.2. The van der Waals surface area contributed by atoms with E-state index in [4.69, 9.17) is 15.6 Å². The fourth-order valence-electron chi connectivity index (χ4n) is 4.17. The fourth-order valence-corrected chi connectivity index (χ4v) is 4.17. The molecule has 10 heteroatoms. The van der Waals surface area contributed by atoms with Crippen LogP contribution < -0.4 is 10.6 Å². The average molecular weight is 450 g/mol. The summed E-state index contributed by atoms with van der Waals surface area (Å²) in [6, 6.07) is 13.7. The molecule has 0 unspecified atom stereocenters. The van der Waals surface area contributed by atoms with Crippen molar-refractivity contribution in [1.29, 1.82) is 0 Å². The molecule has 1 aliphatic heterocycles. The van der Waals surface area contributed by atoms with Gasteiger partial charge < -0.3 is 15.7 Å². The van der Waals surface area contributed by atoms with Gasteiger partial charge >= 0.3 is 12.1 Å². The van der Waals surface area contributed by atoms with E-state index in [0.717, 1.165) is 35.5 Å². The smallest absolute Gasteiger partial charge is 0.475 e. The van der Waals surface area contributed by atoms with Gasteiger partial charge in [-0.2, -0.15) is 18.3 Å². The molecule has 170 valence electrons. The van der Waals surface area contributed by atoms with Crippen LogP contribution in [0, 0.1) is 11.7 Å². The van der Waals surface area contributed by atoms with E-state index in [9.17, 15) is 17.6 Å². The molecule has 2 aliphatic rings. The molecule has 3 N–H and O–H groups in total. The lowest BCUT2D eigenvalue weighted by molar-refractivity contribution is -0.192. The lowest BCUT2D eigenvalue weighted by Crippen LogP contribution is -2.41. The molecule has 3 aromatic rings. The molecule has 2 fully saturated rings. The Hall–Kier alpha value is -3.14. The minimum atomic E-state index is -5.08. The minimum Gasteiger partial charge on any atom is -0.475 e. The largest absolute Gasteiger partial charge is 0.490 e. The summed E-state index contributed by atoms with van der Waals surface area (Å²) in [6.07, 6.45) is 0.470. The quantitative estimate of drug-likeness (QED) is 0.587. The van der Waals surface area contributed by atoms with Crippen molar-refractivity contribution >= 4 is 22.6 Å². The summed E-state index contributed by atoms with van der Waals surface area (Å²) < 4.78 is 46.8. The monoisotopic (exact) mass is 450 g/mol. The molecule has 1 aliphatic carbocycles. The molecular formula is C22H22F4N4O2. The summed E-state index contributed by atoms with van der Waals surface area (Å²) in [7, 11) is 0. The number of rotatable bonds is 3. The second-order valence-corrected chi connectivity index (χ2v) is 8.05. The van der Waals surface area contributed by atoms with Crippen LogP contribution in [0.4, 0.5) is 23.2 Å². The van der Waals surface area contributed by atoms with E-state index < -0.39 is 12.1 Å². The van der Waals surface area contributed by atoms with Crippen LogP contribution in [0.3, 0.4) is 0 Å². The highest BCUT2D eigenvalue weighted by Crippen LogP contribution is 2.42. The second-order valence-electron chi connectivity index (χ2n) is 8.05. The van der Waals surface area contributed by atoms with Crippen molar-refractivity contribution in [3.8, 4) is 5.69 Å².